The number of aryl methyl sites for hydroxylation is 1. The molecule has 1 aromatic heterocycles. The van der Waals surface area contributed by atoms with Crippen molar-refractivity contribution in [3.05, 3.63) is 66.0 Å². The van der Waals surface area contributed by atoms with Crippen LogP contribution in [-0.4, -0.2) is 29.3 Å². The third-order valence-electron chi connectivity index (χ3n) is 11.1. The van der Waals surface area contributed by atoms with Crippen LogP contribution in [0.3, 0.4) is 0 Å². The number of carbonyl (C=O) groups excluding carboxylic acids is 1. The van der Waals surface area contributed by atoms with E-state index in [-0.39, 0.29) is 16.7 Å². The lowest BCUT2D eigenvalue weighted by Crippen LogP contribution is -2.51. The highest BCUT2D eigenvalue weighted by Gasteiger charge is 2.50. The zero-order chi connectivity index (χ0) is 28.0. The number of nitrogens with zero attached hydrogens (tertiary/aromatic N) is 3. The summed E-state index contributed by atoms with van der Waals surface area (Å²) < 4.78 is 7.66. The van der Waals surface area contributed by atoms with Crippen LogP contribution in [0.25, 0.3) is 11.1 Å². The van der Waals surface area contributed by atoms with Crippen LogP contribution in [0.4, 0.5) is 5.69 Å². The van der Waals surface area contributed by atoms with E-state index in [2.05, 4.69) is 70.3 Å². The molecule has 0 unspecified atom stereocenters. The van der Waals surface area contributed by atoms with Gasteiger partial charge in [0.2, 0.25) is 5.91 Å². The standard InChI is InChI=1S/C36H45N3O2/c1-26-21-30(11-14-33(26)41-2)36-18-15-35(16-19-36,17-20-36)25-38(34(40)27-7-4-3-5-8-27)32-10-6-9-28(22-32)29-23-37-39(24-29)31-12-13-31/h6,9-11,14,21-24,27,31H,3-5,7-8,12-13,15-20,25H2,1-2H3. The smallest absolute Gasteiger partial charge is 0.230 e. The molecular formula is C36H45N3O2. The van der Waals surface area contributed by atoms with Gasteiger partial charge in [-0.1, -0.05) is 43.5 Å². The van der Waals surface area contributed by atoms with E-state index in [0.29, 0.717) is 11.9 Å². The molecule has 5 saturated carbocycles. The summed E-state index contributed by atoms with van der Waals surface area (Å²) in [4.78, 5) is 16.5. The fraction of sp³-hybridized carbons (Fsp3) is 0.556. The molecule has 2 aromatic carbocycles. The Kier molecular flexibility index (Phi) is 6.95. The molecule has 0 spiro atoms. The lowest BCUT2D eigenvalue weighted by molar-refractivity contribution is -0.124. The molecule has 5 nitrogen and oxygen atoms in total. The van der Waals surface area contributed by atoms with Crippen molar-refractivity contribution in [3.8, 4) is 16.9 Å². The molecule has 1 amide bonds. The molecule has 1 heterocycles. The maximum atomic E-state index is 14.3. The molecule has 0 N–H and O–H groups in total. The number of rotatable bonds is 8. The first kappa shape index (κ1) is 26.8. The monoisotopic (exact) mass is 551 g/mol. The Morgan fingerprint density at radius 1 is 0.951 bits per heavy atom. The summed E-state index contributed by atoms with van der Waals surface area (Å²) in [6.07, 6.45) is 19.6. The molecule has 2 bridgehead atoms. The highest BCUT2D eigenvalue weighted by Crippen LogP contribution is 2.58. The molecule has 5 fully saturated rings. The van der Waals surface area contributed by atoms with E-state index in [9.17, 15) is 4.79 Å². The number of aromatic nitrogens is 2. The molecule has 8 rings (SSSR count). The summed E-state index contributed by atoms with van der Waals surface area (Å²) >= 11 is 0. The topological polar surface area (TPSA) is 47.4 Å². The molecule has 0 saturated heterocycles. The van der Waals surface area contributed by atoms with Crippen molar-refractivity contribution in [2.24, 2.45) is 11.3 Å². The third-order valence-corrected chi connectivity index (χ3v) is 11.1. The van der Waals surface area contributed by atoms with Crippen molar-refractivity contribution in [2.45, 2.75) is 102 Å². The van der Waals surface area contributed by atoms with Gasteiger partial charge in [0.25, 0.3) is 0 Å². The Morgan fingerprint density at radius 3 is 2.39 bits per heavy atom. The van der Waals surface area contributed by atoms with Crippen molar-refractivity contribution in [3.63, 3.8) is 0 Å². The lowest BCUT2D eigenvalue weighted by Gasteiger charge is -2.55. The minimum atomic E-state index is 0.162. The summed E-state index contributed by atoms with van der Waals surface area (Å²) in [7, 11) is 1.76. The van der Waals surface area contributed by atoms with Crippen molar-refractivity contribution < 1.29 is 9.53 Å². The van der Waals surface area contributed by atoms with Gasteiger partial charge in [-0.05, 0) is 117 Å². The van der Waals surface area contributed by atoms with Gasteiger partial charge in [-0.3, -0.25) is 9.48 Å². The molecule has 5 aliphatic rings. The summed E-state index contributed by atoms with van der Waals surface area (Å²) in [5.74, 6) is 1.50. The maximum Gasteiger partial charge on any atom is 0.230 e. The normalized spacial score (nSPS) is 26.2. The Morgan fingerprint density at radius 2 is 1.71 bits per heavy atom. The fourth-order valence-corrected chi connectivity index (χ4v) is 8.22. The SMILES string of the molecule is COc1ccc(C23CCC(CN(C(=O)C4CCCCC4)c4cccc(-c5cnn(C6CC6)c5)c4)(CC2)CC3)cc1C. The third kappa shape index (κ3) is 5.10. The first-order valence-electron chi connectivity index (χ1n) is 16.1. The number of anilines is 1. The Balaban J connectivity index is 1.15. The number of carbonyl (C=O) groups is 1. The molecule has 0 aliphatic heterocycles. The maximum absolute atomic E-state index is 14.3. The predicted molar refractivity (Wildman–Crippen MR) is 164 cm³/mol. The molecule has 5 heteroatoms. The fourth-order valence-electron chi connectivity index (χ4n) is 8.22. The first-order chi connectivity index (χ1) is 20.0. The Labute approximate surface area is 245 Å². The zero-order valence-corrected chi connectivity index (χ0v) is 24.9. The summed E-state index contributed by atoms with van der Waals surface area (Å²) in [6.45, 7) is 3.01. The second kappa shape index (κ2) is 10.6. The zero-order valence-electron chi connectivity index (χ0n) is 24.9. The van der Waals surface area contributed by atoms with E-state index in [4.69, 9.17) is 4.74 Å². The minimum Gasteiger partial charge on any atom is -0.496 e. The van der Waals surface area contributed by atoms with Gasteiger partial charge in [0.1, 0.15) is 5.75 Å². The van der Waals surface area contributed by atoms with Crippen LogP contribution in [0.15, 0.2) is 54.9 Å². The number of benzene rings is 2. The highest BCUT2D eigenvalue weighted by atomic mass is 16.5. The lowest BCUT2D eigenvalue weighted by atomic mass is 9.51. The van der Waals surface area contributed by atoms with Gasteiger partial charge >= 0.3 is 0 Å². The first-order valence-corrected chi connectivity index (χ1v) is 16.1. The number of methoxy groups -OCH3 is 1. The molecular weight excluding hydrogens is 506 g/mol. The van der Waals surface area contributed by atoms with Gasteiger partial charge in [0, 0.05) is 29.9 Å². The second-order valence-corrected chi connectivity index (χ2v) is 13.7. The molecule has 0 radical (unpaired) electrons. The number of fused-ring (bicyclic) bond motifs is 3. The van der Waals surface area contributed by atoms with Gasteiger partial charge in [0.15, 0.2) is 0 Å². The van der Waals surface area contributed by atoms with E-state index < -0.39 is 0 Å². The number of hydrogen-bond acceptors (Lipinski definition) is 3. The van der Waals surface area contributed by atoms with Crippen LogP contribution in [0.1, 0.15) is 101 Å². The largest absolute Gasteiger partial charge is 0.496 e. The van der Waals surface area contributed by atoms with Crippen LogP contribution in [0.2, 0.25) is 0 Å². The predicted octanol–water partition coefficient (Wildman–Crippen LogP) is 8.41. The Bertz CT molecular complexity index is 1390. The van der Waals surface area contributed by atoms with Gasteiger partial charge in [-0.15, -0.1) is 0 Å². The van der Waals surface area contributed by atoms with E-state index in [1.165, 1.54) is 81.8 Å². The summed E-state index contributed by atoms with van der Waals surface area (Å²) in [5.41, 5.74) is 6.58. The van der Waals surface area contributed by atoms with Gasteiger partial charge < -0.3 is 9.64 Å². The van der Waals surface area contributed by atoms with Crippen LogP contribution in [0, 0.1) is 18.3 Å². The quantitative estimate of drug-likeness (QED) is 0.282. The van der Waals surface area contributed by atoms with Crippen molar-refractivity contribution in [1.82, 2.24) is 9.78 Å². The van der Waals surface area contributed by atoms with E-state index in [1.54, 1.807) is 7.11 Å². The van der Waals surface area contributed by atoms with Gasteiger partial charge in [-0.25, -0.2) is 0 Å². The van der Waals surface area contributed by atoms with Crippen LogP contribution >= 0.6 is 0 Å². The molecule has 5 aliphatic carbocycles. The summed E-state index contributed by atoms with van der Waals surface area (Å²) in [5, 5.41) is 4.64. The molecule has 216 valence electrons. The van der Waals surface area contributed by atoms with Crippen molar-refractivity contribution >= 4 is 11.6 Å². The van der Waals surface area contributed by atoms with Gasteiger partial charge in [-0.2, -0.15) is 5.10 Å². The number of ether oxygens (including phenoxy) is 1. The number of amides is 1. The Hall–Kier alpha value is -3.08. The highest BCUT2D eigenvalue weighted by molar-refractivity contribution is 5.96. The molecule has 41 heavy (non-hydrogen) atoms. The second-order valence-electron chi connectivity index (χ2n) is 13.7. The van der Waals surface area contributed by atoms with E-state index in [1.807, 2.05) is 6.20 Å². The van der Waals surface area contributed by atoms with Crippen LogP contribution in [-0.2, 0) is 10.2 Å². The average molecular weight is 552 g/mol. The minimum absolute atomic E-state index is 0.162. The van der Waals surface area contributed by atoms with Crippen molar-refractivity contribution in [1.29, 1.82) is 0 Å². The van der Waals surface area contributed by atoms with Crippen LogP contribution in [0.5, 0.6) is 5.75 Å². The van der Waals surface area contributed by atoms with E-state index >= 15 is 0 Å². The average Bonchev–Trinajstić information content (AvgIpc) is 3.77. The molecule has 3 aromatic rings. The van der Waals surface area contributed by atoms with Crippen molar-refractivity contribution in [2.75, 3.05) is 18.6 Å². The number of hydrogen-bond donors (Lipinski definition) is 0. The van der Waals surface area contributed by atoms with E-state index in [0.717, 1.165) is 42.0 Å². The van der Waals surface area contributed by atoms with Crippen LogP contribution < -0.4 is 9.64 Å². The summed E-state index contributed by atoms with van der Waals surface area (Å²) in [6, 6.07) is 16.1. The molecule has 0 atom stereocenters. The van der Waals surface area contributed by atoms with Gasteiger partial charge in [0.05, 0.1) is 19.3 Å².